The van der Waals surface area contributed by atoms with Crippen LogP contribution >= 0.6 is 23.2 Å². The summed E-state index contributed by atoms with van der Waals surface area (Å²) in [5, 5.41) is 1.04. The molecule has 0 N–H and O–H groups in total. The average molecular weight is 466 g/mol. The fraction of sp³-hybridized carbons (Fsp3) is 0.708. The molecule has 170 valence electrons. The number of carbonyl (C=O) groups is 1. The number of hydrogen-bond donors (Lipinski definition) is 0. The molecule has 4 aliphatic rings. The molecule has 7 heteroatoms. The van der Waals surface area contributed by atoms with Crippen molar-refractivity contribution in [3.63, 3.8) is 0 Å². The second-order valence-corrected chi connectivity index (χ2v) is 10.5. The smallest absolute Gasteiger partial charge is 0.227 e. The lowest BCUT2D eigenvalue weighted by Crippen LogP contribution is -2.72. The zero-order chi connectivity index (χ0) is 21.4. The van der Waals surface area contributed by atoms with Gasteiger partial charge in [0.1, 0.15) is 0 Å². The Kier molecular flexibility index (Phi) is 6.78. The SMILES string of the molecule is O=C(Cc1ccc(Cl)c(Cl)c1)N1CCN(CC2CCC2)[C@@H]2COCC(N3CCCC3)[C@H]21. The Balaban J connectivity index is 1.37. The maximum absolute atomic E-state index is 13.5. The number of likely N-dealkylation sites (tertiary alicyclic amines) is 1. The largest absolute Gasteiger partial charge is 0.378 e. The number of carbonyl (C=O) groups excluding carboxylic acids is 1. The van der Waals surface area contributed by atoms with Gasteiger partial charge in [0, 0.05) is 19.6 Å². The number of piperazine rings is 1. The van der Waals surface area contributed by atoms with E-state index in [2.05, 4.69) is 14.7 Å². The predicted octanol–water partition coefficient (Wildman–Crippen LogP) is 3.71. The molecule has 1 aromatic rings. The quantitative estimate of drug-likeness (QED) is 0.663. The van der Waals surface area contributed by atoms with Gasteiger partial charge in [0.2, 0.25) is 5.91 Å². The zero-order valence-electron chi connectivity index (χ0n) is 18.1. The lowest BCUT2D eigenvalue weighted by Gasteiger charge is -2.55. The van der Waals surface area contributed by atoms with Crippen molar-refractivity contribution in [2.45, 2.75) is 56.7 Å². The van der Waals surface area contributed by atoms with Crippen molar-refractivity contribution in [3.8, 4) is 0 Å². The lowest BCUT2D eigenvalue weighted by atomic mass is 9.83. The normalized spacial score (nSPS) is 30.3. The number of fused-ring (bicyclic) bond motifs is 1. The Morgan fingerprint density at radius 1 is 0.968 bits per heavy atom. The minimum Gasteiger partial charge on any atom is -0.378 e. The highest BCUT2D eigenvalue weighted by Crippen LogP contribution is 2.34. The highest BCUT2D eigenvalue weighted by atomic mass is 35.5. The summed E-state index contributed by atoms with van der Waals surface area (Å²) in [6, 6.07) is 6.32. The number of halogens is 2. The van der Waals surface area contributed by atoms with E-state index in [0.29, 0.717) is 28.5 Å². The van der Waals surface area contributed by atoms with Crippen molar-refractivity contribution in [1.29, 1.82) is 0 Å². The molecule has 3 aliphatic heterocycles. The van der Waals surface area contributed by atoms with Crippen molar-refractivity contribution >= 4 is 29.1 Å². The summed E-state index contributed by atoms with van der Waals surface area (Å²) >= 11 is 12.3. The standard InChI is InChI=1S/C24H33Cl2N3O2/c25-19-7-6-18(12-20(19)26)13-23(30)29-11-10-28(14-17-4-3-5-17)22-16-31-15-21(24(22)29)27-8-1-2-9-27/h6-7,12,17,21-22,24H,1-5,8-11,13-16H2/t21?,22-,24-/m1/s1. The van der Waals surface area contributed by atoms with E-state index in [1.54, 1.807) is 6.07 Å². The second-order valence-electron chi connectivity index (χ2n) is 9.71. The summed E-state index contributed by atoms with van der Waals surface area (Å²) in [5.41, 5.74) is 0.928. The Bertz CT molecular complexity index is 797. The van der Waals surface area contributed by atoms with E-state index in [4.69, 9.17) is 27.9 Å². The van der Waals surface area contributed by atoms with Crippen molar-refractivity contribution in [2.24, 2.45) is 5.92 Å². The summed E-state index contributed by atoms with van der Waals surface area (Å²) in [6.45, 7) is 6.61. The van der Waals surface area contributed by atoms with Gasteiger partial charge in [-0.05, 0) is 62.4 Å². The molecule has 3 saturated heterocycles. The van der Waals surface area contributed by atoms with E-state index in [1.807, 2.05) is 12.1 Å². The molecule has 1 aromatic carbocycles. The number of ether oxygens (including phenoxy) is 1. The van der Waals surface area contributed by atoms with Gasteiger partial charge >= 0.3 is 0 Å². The third kappa shape index (κ3) is 4.63. The Morgan fingerprint density at radius 2 is 1.74 bits per heavy atom. The summed E-state index contributed by atoms with van der Waals surface area (Å²) in [7, 11) is 0. The highest BCUT2D eigenvalue weighted by Gasteiger charge is 2.48. The van der Waals surface area contributed by atoms with Gasteiger partial charge in [0.25, 0.3) is 0 Å². The Labute approximate surface area is 195 Å². The molecule has 1 unspecified atom stereocenters. The van der Waals surface area contributed by atoms with Crippen molar-refractivity contribution in [2.75, 3.05) is 45.9 Å². The second kappa shape index (κ2) is 9.56. The van der Waals surface area contributed by atoms with E-state index in [-0.39, 0.29) is 11.9 Å². The third-order valence-corrected chi connectivity index (χ3v) is 8.55. The Morgan fingerprint density at radius 3 is 2.45 bits per heavy atom. The van der Waals surface area contributed by atoms with E-state index >= 15 is 0 Å². The van der Waals surface area contributed by atoms with Crippen LogP contribution in [0.2, 0.25) is 10.0 Å². The van der Waals surface area contributed by atoms with Gasteiger partial charge in [-0.15, -0.1) is 0 Å². The van der Waals surface area contributed by atoms with Gasteiger partial charge in [-0.25, -0.2) is 0 Å². The molecule has 31 heavy (non-hydrogen) atoms. The van der Waals surface area contributed by atoms with Gasteiger partial charge < -0.3 is 9.64 Å². The van der Waals surface area contributed by atoms with E-state index in [0.717, 1.165) is 57.4 Å². The van der Waals surface area contributed by atoms with Crippen LogP contribution in [0.5, 0.6) is 0 Å². The third-order valence-electron chi connectivity index (χ3n) is 7.81. The van der Waals surface area contributed by atoms with Crippen LogP contribution in [0.25, 0.3) is 0 Å². The van der Waals surface area contributed by atoms with Crippen LogP contribution < -0.4 is 0 Å². The number of benzene rings is 1. The summed E-state index contributed by atoms with van der Waals surface area (Å²) in [6.07, 6.45) is 6.94. The predicted molar refractivity (Wildman–Crippen MR) is 124 cm³/mol. The molecule has 1 amide bonds. The summed E-state index contributed by atoms with van der Waals surface area (Å²) in [5.74, 6) is 1.02. The number of hydrogen-bond acceptors (Lipinski definition) is 4. The molecular weight excluding hydrogens is 433 g/mol. The molecule has 0 spiro atoms. The van der Waals surface area contributed by atoms with Gasteiger partial charge in [0.05, 0.1) is 47.8 Å². The van der Waals surface area contributed by atoms with Gasteiger partial charge in [-0.1, -0.05) is 35.7 Å². The van der Waals surface area contributed by atoms with Crippen LogP contribution in [-0.2, 0) is 16.0 Å². The van der Waals surface area contributed by atoms with Crippen molar-refractivity contribution in [3.05, 3.63) is 33.8 Å². The molecule has 0 radical (unpaired) electrons. The molecule has 0 bridgehead atoms. The first-order valence-corrected chi connectivity index (χ1v) is 12.6. The van der Waals surface area contributed by atoms with Gasteiger partial charge in [-0.3, -0.25) is 14.6 Å². The van der Waals surface area contributed by atoms with Gasteiger partial charge in [-0.2, -0.15) is 0 Å². The van der Waals surface area contributed by atoms with Crippen LogP contribution in [0, 0.1) is 5.92 Å². The van der Waals surface area contributed by atoms with Crippen LogP contribution in [0.4, 0.5) is 0 Å². The summed E-state index contributed by atoms with van der Waals surface area (Å²) in [4.78, 5) is 20.9. The highest BCUT2D eigenvalue weighted by molar-refractivity contribution is 6.42. The molecule has 1 saturated carbocycles. The number of rotatable bonds is 5. The molecule has 5 nitrogen and oxygen atoms in total. The zero-order valence-corrected chi connectivity index (χ0v) is 19.7. The molecule has 5 rings (SSSR count). The first-order valence-electron chi connectivity index (χ1n) is 11.9. The van der Waals surface area contributed by atoms with Crippen molar-refractivity contribution < 1.29 is 9.53 Å². The molecule has 3 heterocycles. The van der Waals surface area contributed by atoms with Crippen molar-refractivity contribution in [1.82, 2.24) is 14.7 Å². The molecule has 3 atom stereocenters. The van der Waals surface area contributed by atoms with Crippen LogP contribution in [0.3, 0.4) is 0 Å². The number of amides is 1. The average Bonchev–Trinajstić information content (AvgIpc) is 3.27. The molecule has 0 aromatic heterocycles. The first kappa shape index (κ1) is 22.0. The fourth-order valence-electron chi connectivity index (χ4n) is 5.90. The number of nitrogens with zero attached hydrogens (tertiary/aromatic N) is 3. The lowest BCUT2D eigenvalue weighted by molar-refractivity contribution is -0.153. The maximum Gasteiger partial charge on any atom is 0.227 e. The fourth-order valence-corrected chi connectivity index (χ4v) is 6.22. The van der Waals surface area contributed by atoms with E-state index in [1.165, 1.54) is 32.1 Å². The molecule has 1 aliphatic carbocycles. The molecule has 4 fully saturated rings. The van der Waals surface area contributed by atoms with Crippen LogP contribution in [0.1, 0.15) is 37.7 Å². The van der Waals surface area contributed by atoms with Crippen LogP contribution in [0.15, 0.2) is 18.2 Å². The monoisotopic (exact) mass is 465 g/mol. The van der Waals surface area contributed by atoms with E-state index < -0.39 is 0 Å². The minimum atomic E-state index is 0.197. The minimum absolute atomic E-state index is 0.197. The maximum atomic E-state index is 13.5. The molecular formula is C24H33Cl2N3O2. The van der Waals surface area contributed by atoms with E-state index in [9.17, 15) is 4.79 Å². The summed E-state index contributed by atoms with van der Waals surface area (Å²) < 4.78 is 6.15. The first-order chi connectivity index (χ1) is 15.1. The Hall–Kier alpha value is -0.850. The topological polar surface area (TPSA) is 36.0 Å². The van der Waals surface area contributed by atoms with Crippen LogP contribution in [-0.4, -0.2) is 84.7 Å². The van der Waals surface area contributed by atoms with Gasteiger partial charge in [0.15, 0.2) is 0 Å².